The molecule has 0 saturated heterocycles. The lowest BCUT2D eigenvalue weighted by molar-refractivity contribution is -0.122. The summed E-state index contributed by atoms with van der Waals surface area (Å²) in [6.45, 7) is 7.47. The van der Waals surface area contributed by atoms with Crippen LogP contribution in [-0.2, 0) is 4.79 Å². The number of halogens is 1. The largest absolute Gasteiger partial charge is 0.467 e. The third kappa shape index (κ3) is 4.90. The lowest BCUT2D eigenvalue weighted by atomic mass is 10.1. The summed E-state index contributed by atoms with van der Waals surface area (Å²) in [6.07, 6.45) is 1.42. The van der Waals surface area contributed by atoms with E-state index in [0.29, 0.717) is 10.8 Å². The molecule has 0 fully saturated rings. The fraction of sp³-hybridized carbons (Fsp3) is 0.583. The van der Waals surface area contributed by atoms with Crippen LogP contribution in [0, 0.1) is 0 Å². The number of rotatable bonds is 4. The molecule has 19 heavy (non-hydrogen) atoms. The van der Waals surface area contributed by atoms with Gasteiger partial charge in [-0.3, -0.25) is 4.79 Å². The monoisotopic (exact) mass is 286 g/mol. The molecule has 0 spiro atoms. The van der Waals surface area contributed by atoms with E-state index in [4.69, 9.17) is 16.3 Å². The molecule has 1 rings (SSSR count). The Morgan fingerprint density at radius 2 is 2.11 bits per heavy atom. The number of aromatic nitrogens is 2. The summed E-state index contributed by atoms with van der Waals surface area (Å²) >= 11 is 5.96. The van der Waals surface area contributed by atoms with Gasteiger partial charge in [-0.05, 0) is 27.7 Å². The molecule has 106 valence electrons. The van der Waals surface area contributed by atoms with E-state index >= 15 is 0 Å². The first kappa shape index (κ1) is 15.5. The van der Waals surface area contributed by atoms with Crippen molar-refractivity contribution in [2.75, 3.05) is 12.4 Å². The van der Waals surface area contributed by atoms with Crippen LogP contribution < -0.4 is 15.4 Å². The second-order valence-electron chi connectivity index (χ2n) is 5.16. The summed E-state index contributed by atoms with van der Waals surface area (Å²) in [7, 11) is 1.46. The van der Waals surface area contributed by atoms with E-state index in [2.05, 4.69) is 20.6 Å². The number of carbonyl (C=O) groups is 1. The number of anilines is 1. The number of hydrogen-bond acceptors (Lipinski definition) is 5. The summed E-state index contributed by atoms with van der Waals surface area (Å²) in [5, 5.41) is 6.13. The maximum Gasteiger partial charge on any atom is 0.318 e. The number of nitrogens with zero attached hydrogens (tertiary/aromatic N) is 2. The molecule has 7 heteroatoms. The fourth-order valence-corrected chi connectivity index (χ4v) is 1.44. The van der Waals surface area contributed by atoms with Gasteiger partial charge in [0.15, 0.2) is 5.82 Å². The molecule has 1 atom stereocenters. The van der Waals surface area contributed by atoms with E-state index in [0.717, 1.165) is 0 Å². The van der Waals surface area contributed by atoms with E-state index in [1.54, 1.807) is 6.92 Å². The quantitative estimate of drug-likeness (QED) is 0.883. The standard InChI is InChI=1S/C12H19ClN4O2/c1-7(10(18)17-12(2,3)4)15-9-8(13)6-14-11(16-9)19-5/h6-7H,1-5H3,(H,17,18)(H,14,15,16). The van der Waals surface area contributed by atoms with Crippen molar-refractivity contribution in [1.82, 2.24) is 15.3 Å². The van der Waals surface area contributed by atoms with Gasteiger partial charge in [0.25, 0.3) is 0 Å². The van der Waals surface area contributed by atoms with Gasteiger partial charge in [0.1, 0.15) is 11.1 Å². The van der Waals surface area contributed by atoms with E-state index in [1.807, 2.05) is 20.8 Å². The maximum absolute atomic E-state index is 11.9. The molecule has 0 radical (unpaired) electrons. The van der Waals surface area contributed by atoms with Crippen LogP contribution in [0.1, 0.15) is 27.7 Å². The highest BCUT2D eigenvalue weighted by atomic mass is 35.5. The molecule has 0 saturated carbocycles. The highest BCUT2D eigenvalue weighted by molar-refractivity contribution is 6.32. The molecule has 6 nitrogen and oxygen atoms in total. The molecule has 1 amide bonds. The Hall–Kier alpha value is -1.56. The fourth-order valence-electron chi connectivity index (χ4n) is 1.30. The molecule has 0 aromatic carbocycles. The molecule has 1 unspecified atom stereocenters. The van der Waals surface area contributed by atoms with Crippen LogP contribution in [0.25, 0.3) is 0 Å². The summed E-state index contributed by atoms with van der Waals surface area (Å²) < 4.78 is 4.91. The molecule has 0 aliphatic heterocycles. The molecular weight excluding hydrogens is 268 g/mol. The Morgan fingerprint density at radius 3 is 2.63 bits per heavy atom. The minimum atomic E-state index is -0.476. The third-order valence-electron chi connectivity index (χ3n) is 2.15. The summed E-state index contributed by atoms with van der Waals surface area (Å²) in [5.74, 6) is 0.228. The normalized spacial score (nSPS) is 12.7. The van der Waals surface area contributed by atoms with Gasteiger partial charge in [-0.1, -0.05) is 11.6 Å². The summed E-state index contributed by atoms with van der Waals surface area (Å²) in [6, 6.07) is -0.285. The molecule has 1 heterocycles. The smallest absolute Gasteiger partial charge is 0.318 e. The van der Waals surface area contributed by atoms with Crippen molar-refractivity contribution in [2.24, 2.45) is 0 Å². The lowest BCUT2D eigenvalue weighted by Crippen LogP contribution is -2.47. The first-order valence-corrected chi connectivity index (χ1v) is 6.26. The second-order valence-corrected chi connectivity index (χ2v) is 5.57. The first-order chi connectivity index (χ1) is 8.73. The predicted molar refractivity (Wildman–Crippen MR) is 74.6 cm³/mol. The molecule has 1 aromatic rings. The number of nitrogens with one attached hydrogen (secondary N) is 2. The summed E-state index contributed by atoms with van der Waals surface area (Å²) in [4.78, 5) is 19.9. The SMILES string of the molecule is COc1ncc(Cl)c(NC(C)C(=O)NC(C)(C)C)n1. The number of methoxy groups -OCH3 is 1. The number of amides is 1. The van der Waals surface area contributed by atoms with Gasteiger partial charge in [-0.2, -0.15) is 4.98 Å². The zero-order chi connectivity index (χ0) is 14.6. The zero-order valence-corrected chi connectivity index (χ0v) is 12.5. The van der Waals surface area contributed by atoms with Gasteiger partial charge in [0.05, 0.1) is 13.3 Å². The van der Waals surface area contributed by atoms with Gasteiger partial charge in [-0.25, -0.2) is 4.98 Å². The van der Waals surface area contributed by atoms with Gasteiger partial charge in [0, 0.05) is 5.54 Å². The Morgan fingerprint density at radius 1 is 1.47 bits per heavy atom. The van der Waals surface area contributed by atoms with Crippen LogP contribution in [0.3, 0.4) is 0 Å². The van der Waals surface area contributed by atoms with Crippen LogP contribution in [0.15, 0.2) is 6.20 Å². The first-order valence-electron chi connectivity index (χ1n) is 5.88. The van der Waals surface area contributed by atoms with E-state index < -0.39 is 6.04 Å². The van der Waals surface area contributed by atoms with Crippen LogP contribution >= 0.6 is 11.6 Å². The van der Waals surface area contributed by atoms with Crippen molar-refractivity contribution in [1.29, 1.82) is 0 Å². The minimum Gasteiger partial charge on any atom is -0.467 e. The molecular formula is C12H19ClN4O2. The molecule has 0 aliphatic carbocycles. The Kier molecular flexibility index (Phi) is 4.94. The van der Waals surface area contributed by atoms with Crippen molar-refractivity contribution in [3.8, 4) is 6.01 Å². The average Bonchev–Trinajstić information content (AvgIpc) is 2.29. The minimum absolute atomic E-state index is 0.138. The van der Waals surface area contributed by atoms with E-state index in [9.17, 15) is 4.79 Å². The maximum atomic E-state index is 11.9. The van der Waals surface area contributed by atoms with Crippen LogP contribution in [0.4, 0.5) is 5.82 Å². The Balaban J connectivity index is 2.76. The van der Waals surface area contributed by atoms with Crippen molar-refractivity contribution < 1.29 is 9.53 Å². The van der Waals surface area contributed by atoms with Gasteiger partial charge in [0.2, 0.25) is 5.91 Å². The average molecular weight is 287 g/mol. The van der Waals surface area contributed by atoms with Crippen LogP contribution in [-0.4, -0.2) is 34.6 Å². The molecule has 1 aromatic heterocycles. The second kappa shape index (κ2) is 6.06. The highest BCUT2D eigenvalue weighted by Gasteiger charge is 2.20. The lowest BCUT2D eigenvalue weighted by Gasteiger charge is -2.24. The Labute approximate surface area is 117 Å². The number of carbonyl (C=O) groups excluding carboxylic acids is 1. The molecule has 0 aliphatic rings. The van der Waals surface area contributed by atoms with Crippen molar-refractivity contribution >= 4 is 23.3 Å². The third-order valence-corrected chi connectivity index (χ3v) is 2.43. The summed E-state index contributed by atoms with van der Waals surface area (Å²) in [5.41, 5.74) is -0.291. The van der Waals surface area contributed by atoms with Crippen molar-refractivity contribution in [3.05, 3.63) is 11.2 Å². The van der Waals surface area contributed by atoms with Crippen LogP contribution in [0.5, 0.6) is 6.01 Å². The predicted octanol–water partition coefficient (Wildman–Crippen LogP) is 1.85. The topological polar surface area (TPSA) is 76.1 Å². The van der Waals surface area contributed by atoms with Crippen molar-refractivity contribution in [2.45, 2.75) is 39.3 Å². The van der Waals surface area contributed by atoms with E-state index in [-0.39, 0.29) is 17.5 Å². The number of hydrogen-bond donors (Lipinski definition) is 2. The number of ether oxygens (including phenoxy) is 1. The van der Waals surface area contributed by atoms with Gasteiger partial charge >= 0.3 is 6.01 Å². The van der Waals surface area contributed by atoms with Crippen molar-refractivity contribution in [3.63, 3.8) is 0 Å². The Bertz CT molecular complexity index is 460. The molecule has 2 N–H and O–H groups in total. The van der Waals surface area contributed by atoms with Gasteiger partial charge < -0.3 is 15.4 Å². The zero-order valence-electron chi connectivity index (χ0n) is 11.7. The highest BCUT2D eigenvalue weighted by Crippen LogP contribution is 2.20. The van der Waals surface area contributed by atoms with E-state index in [1.165, 1.54) is 13.3 Å². The van der Waals surface area contributed by atoms with Crippen LogP contribution in [0.2, 0.25) is 5.02 Å². The van der Waals surface area contributed by atoms with Gasteiger partial charge in [-0.15, -0.1) is 0 Å². The molecule has 0 bridgehead atoms.